The molecule has 1 aliphatic heterocycles. The Hall–Kier alpha value is -2.30. The number of aromatic nitrogens is 1. The molecule has 1 amide bonds. The first kappa shape index (κ1) is 11.8. The highest BCUT2D eigenvalue weighted by atomic mass is 16.5. The number of nitrogens with one attached hydrogen (secondary N) is 1. The number of benzene rings is 1. The molecule has 1 saturated heterocycles. The van der Waals surface area contributed by atoms with Gasteiger partial charge in [0.15, 0.2) is 0 Å². The maximum atomic E-state index is 12.0. The molecule has 98 valence electrons. The van der Waals surface area contributed by atoms with Crippen molar-refractivity contribution in [3.05, 3.63) is 30.5 Å². The Morgan fingerprint density at radius 3 is 3.05 bits per heavy atom. The van der Waals surface area contributed by atoms with E-state index in [1.165, 1.54) is 7.11 Å². The molecule has 2 heterocycles. The summed E-state index contributed by atoms with van der Waals surface area (Å²) < 4.78 is 4.70. The monoisotopic (exact) mass is 258 g/mol. The van der Waals surface area contributed by atoms with Crippen LogP contribution in [0.3, 0.4) is 0 Å². The van der Waals surface area contributed by atoms with Crippen LogP contribution < -0.4 is 4.90 Å². The zero-order valence-electron chi connectivity index (χ0n) is 10.6. The van der Waals surface area contributed by atoms with E-state index >= 15 is 0 Å². The van der Waals surface area contributed by atoms with E-state index in [0.717, 1.165) is 16.6 Å². The van der Waals surface area contributed by atoms with Crippen LogP contribution in [0.5, 0.6) is 0 Å². The van der Waals surface area contributed by atoms with E-state index in [1.54, 1.807) is 4.90 Å². The number of carbonyl (C=O) groups is 2. The minimum Gasteiger partial charge on any atom is -0.469 e. The number of fused-ring (bicyclic) bond motifs is 1. The van der Waals surface area contributed by atoms with E-state index in [1.807, 2.05) is 30.5 Å². The maximum absolute atomic E-state index is 12.0. The minimum atomic E-state index is -0.364. The molecule has 1 fully saturated rings. The van der Waals surface area contributed by atoms with Crippen LogP contribution in [0.15, 0.2) is 30.5 Å². The molecule has 0 bridgehead atoms. The van der Waals surface area contributed by atoms with Crippen molar-refractivity contribution in [2.24, 2.45) is 5.92 Å². The van der Waals surface area contributed by atoms with Gasteiger partial charge in [0.1, 0.15) is 0 Å². The number of hydrogen-bond acceptors (Lipinski definition) is 3. The summed E-state index contributed by atoms with van der Waals surface area (Å²) in [5.41, 5.74) is 1.79. The average molecular weight is 258 g/mol. The fourth-order valence-corrected chi connectivity index (χ4v) is 2.49. The second-order valence-corrected chi connectivity index (χ2v) is 4.68. The highest BCUT2D eigenvalue weighted by molar-refractivity contribution is 6.00. The fourth-order valence-electron chi connectivity index (χ4n) is 2.49. The van der Waals surface area contributed by atoms with Gasteiger partial charge in [-0.3, -0.25) is 9.59 Å². The third-order valence-corrected chi connectivity index (χ3v) is 3.51. The Morgan fingerprint density at radius 2 is 2.26 bits per heavy atom. The number of ether oxygens (including phenoxy) is 1. The number of aromatic amines is 1. The number of methoxy groups -OCH3 is 1. The lowest BCUT2D eigenvalue weighted by atomic mass is 10.1. The molecule has 2 aromatic rings. The third kappa shape index (κ3) is 1.97. The molecule has 0 aliphatic carbocycles. The Labute approximate surface area is 110 Å². The first-order valence-electron chi connectivity index (χ1n) is 6.14. The summed E-state index contributed by atoms with van der Waals surface area (Å²) >= 11 is 0. The van der Waals surface area contributed by atoms with Crippen LogP contribution in [0.1, 0.15) is 6.42 Å². The number of carbonyl (C=O) groups excluding carboxylic acids is 2. The lowest BCUT2D eigenvalue weighted by Gasteiger charge is -2.16. The SMILES string of the molecule is COC(=O)C1CC(=O)N(c2ccc3cc[nH]c3c2)C1. The Kier molecular flexibility index (Phi) is 2.74. The standard InChI is InChI=1S/C14H14N2O3/c1-19-14(18)10-6-13(17)16(8-10)11-3-2-9-4-5-15-12(9)7-11/h2-5,7,10,15H,6,8H2,1H3. The van der Waals surface area contributed by atoms with Crippen LogP contribution in [0.4, 0.5) is 5.69 Å². The smallest absolute Gasteiger partial charge is 0.311 e. The molecule has 1 unspecified atom stereocenters. The van der Waals surface area contributed by atoms with Gasteiger partial charge in [-0.1, -0.05) is 6.07 Å². The number of amides is 1. The van der Waals surface area contributed by atoms with Crippen LogP contribution >= 0.6 is 0 Å². The molecule has 1 N–H and O–H groups in total. The Bertz CT molecular complexity index is 647. The molecule has 19 heavy (non-hydrogen) atoms. The Morgan fingerprint density at radius 1 is 1.42 bits per heavy atom. The number of anilines is 1. The lowest BCUT2D eigenvalue weighted by molar-refractivity contribution is -0.145. The highest BCUT2D eigenvalue weighted by Gasteiger charge is 2.35. The second kappa shape index (κ2) is 4.42. The molecular formula is C14H14N2O3. The zero-order chi connectivity index (χ0) is 13.4. The number of H-pyrrole nitrogens is 1. The summed E-state index contributed by atoms with van der Waals surface area (Å²) in [5, 5.41) is 1.10. The van der Waals surface area contributed by atoms with Gasteiger partial charge in [-0.2, -0.15) is 0 Å². The van der Waals surface area contributed by atoms with Crippen molar-refractivity contribution in [3.63, 3.8) is 0 Å². The van der Waals surface area contributed by atoms with E-state index < -0.39 is 0 Å². The quantitative estimate of drug-likeness (QED) is 0.834. The average Bonchev–Trinajstić information content (AvgIpc) is 3.03. The molecule has 5 heteroatoms. The summed E-state index contributed by atoms with van der Waals surface area (Å²) in [7, 11) is 1.35. The van der Waals surface area contributed by atoms with E-state index in [0.29, 0.717) is 6.54 Å². The van der Waals surface area contributed by atoms with Crippen molar-refractivity contribution in [1.29, 1.82) is 0 Å². The maximum Gasteiger partial charge on any atom is 0.311 e. The van der Waals surface area contributed by atoms with Crippen LogP contribution in [0.25, 0.3) is 10.9 Å². The fraction of sp³-hybridized carbons (Fsp3) is 0.286. The summed E-state index contributed by atoms with van der Waals surface area (Å²) in [6, 6.07) is 7.75. The van der Waals surface area contributed by atoms with Crippen molar-refractivity contribution >= 4 is 28.5 Å². The van der Waals surface area contributed by atoms with Crippen LogP contribution in [0.2, 0.25) is 0 Å². The number of rotatable bonds is 2. The van der Waals surface area contributed by atoms with Gasteiger partial charge < -0.3 is 14.6 Å². The van der Waals surface area contributed by atoms with Crippen molar-refractivity contribution < 1.29 is 14.3 Å². The van der Waals surface area contributed by atoms with Crippen LogP contribution in [-0.4, -0.2) is 30.5 Å². The zero-order valence-corrected chi connectivity index (χ0v) is 10.6. The number of esters is 1. The summed E-state index contributed by atoms with van der Waals surface area (Å²) in [6.07, 6.45) is 2.08. The van der Waals surface area contributed by atoms with E-state index in [9.17, 15) is 9.59 Å². The minimum absolute atomic E-state index is 0.0405. The molecule has 0 spiro atoms. The third-order valence-electron chi connectivity index (χ3n) is 3.51. The topological polar surface area (TPSA) is 62.4 Å². The molecule has 1 atom stereocenters. The van der Waals surface area contributed by atoms with Crippen molar-refractivity contribution in [3.8, 4) is 0 Å². The van der Waals surface area contributed by atoms with Gasteiger partial charge in [0, 0.05) is 30.4 Å². The van der Waals surface area contributed by atoms with Crippen molar-refractivity contribution in [1.82, 2.24) is 4.98 Å². The highest BCUT2D eigenvalue weighted by Crippen LogP contribution is 2.28. The molecule has 5 nitrogen and oxygen atoms in total. The van der Waals surface area contributed by atoms with Gasteiger partial charge in [-0.15, -0.1) is 0 Å². The predicted octanol–water partition coefficient (Wildman–Crippen LogP) is 1.69. The summed E-state index contributed by atoms with van der Waals surface area (Å²) in [5.74, 6) is -0.727. The van der Waals surface area contributed by atoms with Crippen LogP contribution in [-0.2, 0) is 14.3 Å². The van der Waals surface area contributed by atoms with E-state index in [-0.39, 0.29) is 24.2 Å². The van der Waals surface area contributed by atoms with Gasteiger partial charge >= 0.3 is 5.97 Å². The molecule has 1 aliphatic rings. The van der Waals surface area contributed by atoms with Gasteiger partial charge in [-0.25, -0.2) is 0 Å². The van der Waals surface area contributed by atoms with Gasteiger partial charge in [-0.05, 0) is 23.6 Å². The largest absolute Gasteiger partial charge is 0.469 e. The number of hydrogen-bond donors (Lipinski definition) is 1. The molecule has 0 saturated carbocycles. The van der Waals surface area contributed by atoms with E-state index in [4.69, 9.17) is 4.74 Å². The molecule has 0 radical (unpaired) electrons. The molecular weight excluding hydrogens is 244 g/mol. The summed E-state index contributed by atoms with van der Waals surface area (Å²) in [6.45, 7) is 0.387. The number of nitrogens with zero attached hydrogens (tertiary/aromatic N) is 1. The first-order valence-corrected chi connectivity index (χ1v) is 6.14. The molecule has 1 aromatic heterocycles. The normalized spacial score (nSPS) is 19.1. The summed E-state index contributed by atoms with van der Waals surface area (Å²) in [4.78, 5) is 28.2. The van der Waals surface area contributed by atoms with E-state index in [2.05, 4.69) is 4.98 Å². The second-order valence-electron chi connectivity index (χ2n) is 4.68. The van der Waals surface area contributed by atoms with Gasteiger partial charge in [0.05, 0.1) is 13.0 Å². The van der Waals surface area contributed by atoms with Crippen molar-refractivity contribution in [2.45, 2.75) is 6.42 Å². The van der Waals surface area contributed by atoms with Gasteiger partial charge in [0.2, 0.25) is 5.91 Å². The van der Waals surface area contributed by atoms with Crippen LogP contribution in [0, 0.1) is 5.92 Å². The molecule has 1 aromatic carbocycles. The van der Waals surface area contributed by atoms with Crippen molar-refractivity contribution in [2.75, 3.05) is 18.6 Å². The van der Waals surface area contributed by atoms with Gasteiger partial charge in [0.25, 0.3) is 0 Å². The first-order chi connectivity index (χ1) is 9.19. The lowest BCUT2D eigenvalue weighted by Crippen LogP contribution is -2.26. The molecule has 3 rings (SSSR count). The predicted molar refractivity (Wildman–Crippen MR) is 70.8 cm³/mol. The Balaban J connectivity index is 1.89.